The van der Waals surface area contributed by atoms with E-state index < -0.39 is 0 Å². The normalized spacial score (nSPS) is 22.0. The van der Waals surface area contributed by atoms with Gasteiger partial charge in [-0.15, -0.1) is 24.2 Å². The fourth-order valence-corrected chi connectivity index (χ4v) is 3.93. The molecule has 0 aromatic heterocycles. The first-order chi connectivity index (χ1) is 9.74. The van der Waals surface area contributed by atoms with Gasteiger partial charge in [0, 0.05) is 11.6 Å². The van der Waals surface area contributed by atoms with E-state index in [4.69, 9.17) is 0 Å². The summed E-state index contributed by atoms with van der Waals surface area (Å²) in [6, 6.07) is 6.76. The maximum atomic E-state index is 12.1. The molecule has 2 N–H and O–H groups in total. The van der Waals surface area contributed by atoms with Crippen molar-refractivity contribution >= 4 is 30.1 Å². The molecular formula is C16H23ClN2OS. The third-order valence-electron chi connectivity index (χ3n) is 4.26. The quantitative estimate of drug-likeness (QED) is 0.897. The predicted molar refractivity (Wildman–Crippen MR) is 91.1 cm³/mol. The molecule has 1 aromatic rings. The van der Waals surface area contributed by atoms with Gasteiger partial charge in [-0.3, -0.25) is 10.1 Å². The van der Waals surface area contributed by atoms with Gasteiger partial charge in [-0.25, -0.2) is 0 Å². The van der Waals surface area contributed by atoms with Crippen molar-refractivity contribution in [2.75, 3.05) is 11.6 Å². The summed E-state index contributed by atoms with van der Waals surface area (Å²) >= 11 is 1.78. The molecule has 0 spiro atoms. The van der Waals surface area contributed by atoms with Gasteiger partial charge in [0.05, 0.1) is 12.1 Å². The van der Waals surface area contributed by atoms with E-state index in [9.17, 15) is 4.79 Å². The number of benzene rings is 1. The van der Waals surface area contributed by atoms with E-state index in [2.05, 4.69) is 35.8 Å². The molecule has 1 heterocycles. The zero-order chi connectivity index (χ0) is 13.9. The van der Waals surface area contributed by atoms with Crippen molar-refractivity contribution in [1.29, 1.82) is 0 Å². The summed E-state index contributed by atoms with van der Waals surface area (Å²) in [5.41, 5.74) is 4.20. The molecule has 1 amide bonds. The summed E-state index contributed by atoms with van der Waals surface area (Å²) in [5, 5.41) is 6.34. The predicted octanol–water partition coefficient (Wildman–Crippen LogP) is 2.83. The number of carbonyl (C=O) groups excluding carboxylic acids is 1. The highest BCUT2D eigenvalue weighted by molar-refractivity contribution is 7.99. The standard InChI is InChI=1S/C16H22N2OS.ClH/c1-11(18-16(19)15-9-20-10-17-15)13-7-6-12-4-2-3-5-14(12)8-13;/h6-8,11,15,17H,2-5,9-10H2,1H3,(H,18,19);1H. The number of halogens is 1. The van der Waals surface area contributed by atoms with Gasteiger partial charge >= 0.3 is 0 Å². The van der Waals surface area contributed by atoms with Crippen molar-refractivity contribution < 1.29 is 4.79 Å². The Morgan fingerprint density at radius 3 is 2.81 bits per heavy atom. The van der Waals surface area contributed by atoms with Crippen LogP contribution in [0.25, 0.3) is 0 Å². The number of hydrogen-bond donors (Lipinski definition) is 2. The fourth-order valence-electron chi connectivity index (χ4n) is 2.98. The third-order valence-corrected chi connectivity index (χ3v) is 5.20. The topological polar surface area (TPSA) is 41.1 Å². The molecule has 1 aliphatic carbocycles. The van der Waals surface area contributed by atoms with E-state index in [0.29, 0.717) is 0 Å². The minimum Gasteiger partial charge on any atom is -0.348 e. The summed E-state index contributed by atoms with van der Waals surface area (Å²) in [6.45, 7) is 2.07. The first-order valence-corrected chi connectivity index (χ1v) is 8.63. The van der Waals surface area contributed by atoms with Gasteiger partial charge in [-0.05, 0) is 49.3 Å². The van der Waals surface area contributed by atoms with Crippen molar-refractivity contribution in [3.8, 4) is 0 Å². The molecule has 0 radical (unpaired) electrons. The Labute approximate surface area is 137 Å². The molecule has 0 saturated carbocycles. The van der Waals surface area contributed by atoms with Crippen molar-refractivity contribution in [2.45, 2.75) is 44.7 Å². The number of fused-ring (bicyclic) bond motifs is 1. The average molecular weight is 327 g/mol. The van der Waals surface area contributed by atoms with Gasteiger partial charge in [-0.1, -0.05) is 18.2 Å². The summed E-state index contributed by atoms with van der Waals surface area (Å²) in [4.78, 5) is 12.1. The van der Waals surface area contributed by atoms with Gasteiger partial charge in [0.2, 0.25) is 5.91 Å². The Bertz CT molecular complexity index is 503. The largest absolute Gasteiger partial charge is 0.348 e. The van der Waals surface area contributed by atoms with Crippen molar-refractivity contribution in [1.82, 2.24) is 10.6 Å². The molecule has 21 heavy (non-hydrogen) atoms. The molecule has 1 aliphatic heterocycles. The molecule has 3 rings (SSSR count). The number of carbonyl (C=O) groups is 1. The average Bonchev–Trinajstić information content (AvgIpc) is 3.01. The Morgan fingerprint density at radius 2 is 2.10 bits per heavy atom. The van der Waals surface area contributed by atoms with E-state index in [1.54, 1.807) is 11.8 Å². The van der Waals surface area contributed by atoms with Crippen LogP contribution in [-0.4, -0.2) is 23.6 Å². The summed E-state index contributed by atoms with van der Waals surface area (Å²) < 4.78 is 0. The van der Waals surface area contributed by atoms with Crippen molar-refractivity contribution in [3.05, 3.63) is 34.9 Å². The lowest BCUT2D eigenvalue weighted by Gasteiger charge is -2.21. The lowest BCUT2D eigenvalue weighted by molar-refractivity contribution is -0.123. The first kappa shape index (κ1) is 16.7. The molecule has 1 aromatic carbocycles. The number of aryl methyl sites for hydroxylation is 2. The van der Waals surface area contributed by atoms with E-state index in [-0.39, 0.29) is 30.4 Å². The monoisotopic (exact) mass is 326 g/mol. The zero-order valence-corrected chi connectivity index (χ0v) is 14.0. The summed E-state index contributed by atoms with van der Waals surface area (Å²) in [7, 11) is 0. The summed E-state index contributed by atoms with van der Waals surface area (Å²) in [5.74, 6) is 1.88. The molecular weight excluding hydrogens is 304 g/mol. The molecule has 1 fully saturated rings. The van der Waals surface area contributed by atoms with Crippen LogP contribution in [0.3, 0.4) is 0 Å². The number of amides is 1. The lowest BCUT2D eigenvalue weighted by Crippen LogP contribution is -2.42. The van der Waals surface area contributed by atoms with Crippen molar-refractivity contribution in [2.24, 2.45) is 0 Å². The van der Waals surface area contributed by atoms with E-state index >= 15 is 0 Å². The minimum atomic E-state index is -0.0277. The molecule has 2 aliphatic rings. The minimum absolute atomic E-state index is 0. The maximum Gasteiger partial charge on any atom is 0.238 e. The highest BCUT2D eigenvalue weighted by Crippen LogP contribution is 2.25. The smallest absolute Gasteiger partial charge is 0.238 e. The number of rotatable bonds is 3. The molecule has 0 bridgehead atoms. The lowest BCUT2D eigenvalue weighted by atomic mass is 9.89. The number of nitrogens with one attached hydrogen (secondary N) is 2. The summed E-state index contributed by atoms with van der Waals surface area (Å²) in [6.07, 6.45) is 4.99. The maximum absolute atomic E-state index is 12.1. The van der Waals surface area contributed by atoms with E-state index in [0.717, 1.165) is 11.6 Å². The second-order valence-electron chi connectivity index (χ2n) is 5.74. The second kappa shape index (κ2) is 7.52. The van der Waals surface area contributed by atoms with E-state index in [1.165, 1.54) is 42.4 Å². The highest BCUT2D eigenvalue weighted by atomic mass is 35.5. The van der Waals surface area contributed by atoms with Gasteiger partial charge in [0.25, 0.3) is 0 Å². The zero-order valence-electron chi connectivity index (χ0n) is 12.4. The third kappa shape index (κ3) is 3.93. The van der Waals surface area contributed by atoms with E-state index in [1.807, 2.05) is 0 Å². The Balaban J connectivity index is 0.00000161. The fraction of sp³-hybridized carbons (Fsp3) is 0.562. The Hall–Kier alpha value is -0.710. The van der Waals surface area contributed by atoms with Crippen LogP contribution in [0.2, 0.25) is 0 Å². The van der Waals surface area contributed by atoms with Gasteiger partial charge in [0.15, 0.2) is 0 Å². The first-order valence-electron chi connectivity index (χ1n) is 7.47. The van der Waals surface area contributed by atoms with Crippen LogP contribution < -0.4 is 10.6 Å². The van der Waals surface area contributed by atoms with Crippen LogP contribution in [0.4, 0.5) is 0 Å². The molecule has 116 valence electrons. The molecule has 5 heteroatoms. The van der Waals surface area contributed by atoms with Crippen LogP contribution in [0, 0.1) is 0 Å². The molecule has 3 nitrogen and oxygen atoms in total. The number of hydrogen-bond acceptors (Lipinski definition) is 3. The van der Waals surface area contributed by atoms with Gasteiger partial charge < -0.3 is 5.32 Å². The van der Waals surface area contributed by atoms with Crippen LogP contribution >= 0.6 is 24.2 Å². The SMILES string of the molecule is CC(NC(=O)C1CSCN1)c1ccc2c(c1)CCCC2.Cl. The number of thioether (sulfide) groups is 1. The van der Waals surface area contributed by atoms with Crippen LogP contribution in [0.5, 0.6) is 0 Å². The molecule has 1 saturated heterocycles. The van der Waals surface area contributed by atoms with Gasteiger partial charge in [0.1, 0.15) is 0 Å². The molecule has 2 atom stereocenters. The Kier molecular flexibility index (Phi) is 5.97. The van der Waals surface area contributed by atoms with Crippen LogP contribution in [0.15, 0.2) is 18.2 Å². The van der Waals surface area contributed by atoms with Crippen molar-refractivity contribution in [3.63, 3.8) is 0 Å². The van der Waals surface area contributed by atoms with Crippen LogP contribution in [-0.2, 0) is 17.6 Å². The Morgan fingerprint density at radius 1 is 1.33 bits per heavy atom. The molecule has 2 unspecified atom stereocenters. The second-order valence-corrected chi connectivity index (χ2v) is 6.77. The van der Waals surface area contributed by atoms with Crippen LogP contribution in [0.1, 0.15) is 42.5 Å². The van der Waals surface area contributed by atoms with Gasteiger partial charge in [-0.2, -0.15) is 0 Å². The highest BCUT2D eigenvalue weighted by Gasteiger charge is 2.24.